The first kappa shape index (κ1) is 21.6. The Morgan fingerprint density at radius 3 is 2.38 bits per heavy atom. The maximum absolute atomic E-state index is 11.5. The van der Waals surface area contributed by atoms with Crippen molar-refractivity contribution in [3.8, 4) is 0 Å². The molecule has 4 rings (SSSR count). The molecule has 0 radical (unpaired) electrons. The lowest BCUT2D eigenvalue weighted by molar-refractivity contribution is -0.200. The smallest absolute Gasteiger partial charge is 0.303 e. The minimum absolute atomic E-state index is 0.00309. The van der Waals surface area contributed by atoms with Gasteiger partial charge in [-0.1, -0.05) is 20.8 Å². The van der Waals surface area contributed by atoms with Gasteiger partial charge in [-0.2, -0.15) is 0 Å². The van der Waals surface area contributed by atoms with Crippen LogP contribution in [0, 0.1) is 46.3 Å². The molecule has 0 aliphatic heterocycles. The van der Waals surface area contributed by atoms with Crippen molar-refractivity contribution in [1.29, 1.82) is 0 Å². The Kier molecular flexibility index (Phi) is 5.57. The van der Waals surface area contributed by atoms with Crippen LogP contribution in [-0.2, 0) is 4.79 Å². The van der Waals surface area contributed by atoms with Crippen LogP contribution in [0.3, 0.4) is 0 Å². The van der Waals surface area contributed by atoms with Crippen molar-refractivity contribution in [1.82, 2.24) is 0 Å². The fourth-order valence-corrected chi connectivity index (χ4v) is 8.79. The van der Waals surface area contributed by atoms with Crippen molar-refractivity contribution in [2.45, 2.75) is 96.9 Å². The van der Waals surface area contributed by atoms with Gasteiger partial charge in [0, 0.05) is 6.42 Å². The van der Waals surface area contributed by atoms with Crippen molar-refractivity contribution in [2.75, 3.05) is 0 Å². The topological polar surface area (TPSA) is 98.0 Å². The summed E-state index contributed by atoms with van der Waals surface area (Å²) in [4.78, 5) is 11.1. The molecule has 11 atom stereocenters. The minimum Gasteiger partial charge on any atom is -0.481 e. The van der Waals surface area contributed by atoms with Crippen molar-refractivity contribution < 1.29 is 25.2 Å². The molecular formula is C24H40O5. The van der Waals surface area contributed by atoms with E-state index in [4.69, 9.17) is 5.11 Å². The van der Waals surface area contributed by atoms with Gasteiger partial charge in [-0.05, 0) is 97.7 Å². The largest absolute Gasteiger partial charge is 0.481 e. The zero-order valence-corrected chi connectivity index (χ0v) is 18.3. The van der Waals surface area contributed by atoms with Crippen LogP contribution in [0.15, 0.2) is 0 Å². The first-order valence-corrected chi connectivity index (χ1v) is 11.9. The monoisotopic (exact) mass is 408 g/mol. The molecule has 4 unspecified atom stereocenters. The summed E-state index contributed by atoms with van der Waals surface area (Å²) in [5.74, 6) is 1.56. The molecule has 0 heterocycles. The minimum atomic E-state index is -0.731. The summed E-state index contributed by atoms with van der Waals surface area (Å²) in [5.41, 5.74) is -0.133. The summed E-state index contributed by atoms with van der Waals surface area (Å²) in [6.07, 6.45) is 5.94. The van der Waals surface area contributed by atoms with Crippen LogP contribution >= 0.6 is 0 Å². The third-order valence-corrected chi connectivity index (χ3v) is 10.4. The Hall–Kier alpha value is -0.650. The molecule has 166 valence electrons. The second kappa shape index (κ2) is 7.49. The fraction of sp³-hybridized carbons (Fsp3) is 0.958. The first-order valence-electron chi connectivity index (χ1n) is 11.9. The van der Waals surface area contributed by atoms with Crippen LogP contribution in [0.4, 0.5) is 0 Å². The third kappa shape index (κ3) is 3.18. The van der Waals surface area contributed by atoms with Gasteiger partial charge in [-0.15, -0.1) is 0 Å². The Labute approximate surface area is 174 Å². The van der Waals surface area contributed by atoms with Gasteiger partial charge in [0.05, 0.1) is 18.3 Å². The summed E-state index contributed by atoms with van der Waals surface area (Å²) in [5, 5.41) is 41.5. The number of aliphatic carboxylic acids is 1. The van der Waals surface area contributed by atoms with Gasteiger partial charge < -0.3 is 20.4 Å². The van der Waals surface area contributed by atoms with Crippen molar-refractivity contribution >= 4 is 5.97 Å². The Morgan fingerprint density at radius 2 is 1.69 bits per heavy atom. The maximum atomic E-state index is 11.5. The number of hydrogen-bond donors (Lipinski definition) is 4. The maximum Gasteiger partial charge on any atom is 0.303 e. The summed E-state index contributed by atoms with van der Waals surface area (Å²) < 4.78 is 0. The van der Waals surface area contributed by atoms with Crippen LogP contribution in [0.2, 0.25) is 0 Å². The lowest BCUT2D eigenvalue weighted by Gasteiger charge is -2.63. The van der Waals surface area contributed by atoms with E-state index in [2.05, 4.69) is 20.8 Å². The van der Waals surface area contributed by atoms with Gasteiger partial charge in [0.2, 0.25) is 0 Å². The van der Waals surface area contributed by atoms with Gasteiger partial charge in [-0.3, -0.25) is 4.79 Å². The normalized spacial score (nSPS) is 52.9. The lowest BCUT2D eigenvalue weighted by atomic mass is 9.43. The summed E-state index contributed by atoms with van der Waals surface area (Å²) in [7, 11) is 0. The molecule has 5 nitrogen and oxygen atoms in total. The number of fused-ring (bicyclic) bond motifs is 5. The number of carboxylic acid groups (broad SMARTS) is 1. The Bertz CT molecular complexity index is 637. The van der Waals surface area contributed by atoms with Gasteiger partial charge in [0.15, 0.2) is 0 Å². The number of carboxylic acids is 1. The molecular weight excluding hydrogens is 368 g/mol. The zero-order valence-electron chi connectivity index (χ0n) is 18.3. The molecule has 0 saturated heterocycles. The van der Waals surface area contributed by atoms with Gasteiger partial charge in [-0.25, -0.2) is 0 Å². The molecule has 4 N–H and O–H groups in total. The molecule has 4 fully saturated rings. The average Bonchev–Trinajstić information content (AvgIpc) is 3.03. The molecule has 4 saturated carbocycles. The first-order chi connectivity index (χ1) is 13.6. The molecule has 5 heteroatoms. The molecule has 4 aliphatic rings. The molecule has 0 aromatic rings. The van der Waals surface area contributed by atoms with Gasteiger partial charge in [0.1, 0.15) is 0 Å². The van der Waals surface area contributed by atoms with E-state index in [1.54, 1.807) is 0 Å². The number of carbonyl (C=O) groups is 1. The van der Waals surface area contributed by atoms with E-state index < -0.39 is 18.2 Å². The SMILES string of the molecule is C[C@H](CCC(=O)O)C1CCC2C3CC[C@@H]4[C@H](O)[C@@H](O)CC[C@]4(C)C3C[C@H](O)[C@@]21C. The Morgan fingerprint density at radius 1 is 1.00 bits per heavy atom. The highest BCUT2D eigenvalue weighted by Crippen LogP contribution is 2.68. The van der Waals surface area contributed by atoms with E-state index in [1.807, 2.05) is 0 Å². The van der Waals surface area contributed by atoms with E-state index in [0.717, 1.165) is 38.5 Å². The second-order valence-corrected chi connectivity index (χ2v) is 11.4. The van der Waals surface area contributed by atoms with Crippen LogP contribution in [0.5, 0.6) is 0 Å². The van der Waals surface area contributed by atoms with E-state index in [9.17, 15) is 20.1 Å². The number of rotatable bonds is 4. The average molecular weight is 409 g/mol. The molecule has 0 aromatic carbocycles. The summed E-state index contributed by atoms with van der Waals surface area (Å²) in [6, 6.07) is 0. The molecule has 0 bridgehead atoms. The number of aliphatic hydroxyl groups excluding tert-OH is 3. The van der Waals surface area contributed by atoms with Crippen LogP contribution < -0.4 is 0 Å². The Balaban J connectivity index is 1.58. The van der Waals surface area contributed by atoms with E-state index in [0.29, 0.717) is 42.4 Å². The molecule has 0 spiro atoms. The van der Waals surface area contributed by atoms with Crippen LogP contribution in [-0.4, -0.2) is 44.7 Å². The van der Waals surface area contributed by atoms with Crippen molar-refractivity contribution in [3.63, 3.8) is 0 Å². The van der Waals surface area contributed by atoms with Crippen molar-refractivity contribution in [3.05, 3.63) is 0 Å². The van der Waals surface area contributed by atoms with Crippen LogP contribution in [0.25, 0.3) is 0 Å². The number of aliphatic hydroxyl groups is 3. The number of hydrogen-bond acceptors (Lipinski definition) is 4. The standard InChI is InChI=1S/C24H40O5/c1-13(4-9-21(27)28)15-7-8-16-14-5-6-17-22(29)19(25)10-11-23(17,2)18(14)12-20(26)24(15,16)3/h13-20,22,25-26,29H,4-12H2,1-3H3,(H,27,28)/t13-,14?,15?,16?,17-,18?,19+,20+,22+,23+,24-/m1/s1. The van der Waals surface area contributed by atoms with Gasteiger partial charge >= 0.3 is 5.97 Å². The highest BCUT2D eigenvalue weighted by Gasteiger charge is 2.64. The highest BCUT2D eigenvalue weighted by molar-refractivity contribution is 5.66. The quantitative estimate of drug-likeness (QED) is 0.571. The van der Waals surface area contributed by atoms with E-state index >= 15 is 0 Å². The van der Waals surface area contributed by atoms with Crippen molar-refractivity contribution in [2.24, 2.45) is 46.3 Å². The predicted octanol–water partition coefficient (Wildman–Crippen LogP) is 3.45. The molecule has 29 heavy (non-hydrogen) atoms. The summed E-state index contributed by atoms with van der Waals surface area (Å²) in [6.45, 7) is 6.76. The van der Waals surface area contributed by atoms with Crippen LogP contribution in [0.1, 0.15) is 78.6 Å². The summed E-state index contributed by atoms with van der Waals surface area (Å²) >= 11 is 0. The fourth-order valence-electron chi connectivity index (χ4n) is 8.79. The molecule has 4 aliphatic carbocycles. The zero-order chi connectivity index (χ0) is 21.1. The highest BCUT2D eigenvalue weighted by atomic mass is 16.4. The molecule has 0 amide bonds. The van der Waals surface area contributed by atoms with E-state index in [-0.39, 0.29) is 29.3 Å². The van der Waals surface area contributed by atoms with Gasteiger partial charge in [0.25, 0.3) is 0 Å². The van der Waals surface area contributed by atoms with E-state index in [1.165, 1.54) is 0 Å². The predicted molar refractivity (Wildman–Crippen MR) is 110 cm³/mol. The second-order valence-electron chi connectivity index (χ2n) is 11.4. The third-order valence-electron chi connectivity index (χ3n) is 10.4. The lowest BCUT2D eigenvalue weighted by Crippen LogP contribution is -2.61. The molecule has 0 aromatic heterocycles.